The van der Waals surface area contributed by atoms with Gasteiger partial charge in [-0.2, -0.15) is 5.10 Å². The van der Waals surface area contributed by atoms with Crippen molar-refractivity contribution in [3.63, 3.8) is 0 Å². The van der Waals surface area contributed by atoms with E-state index in [1.165, 1.54) is 0 Å². The monoisotopic (exact) mass is 263 g/mol. The van der Waals surface area contributed by atoms with Crippen LogP contribution in [0, 0.1) is 0 Å². The fourth-order valence-corrected chi connectivity index (χ4v) is 1.93. The molecule has 2 N–H and O–H groups in total. The van der Waals surface area contributed by atoms with Crippen LogP contribution in [0.5, 0.6) is 0 Å². The smallest absolute Gasteiger partial charge is 0.103 e. The van der Waals surface area contributed by atoms with Gasteiger partial charge in [-0.15, -0.1) is 0 Å². The predicted octanol–water partition coefficient (Wildman–Crippen LogP) is 1.58. The summed E-state index contributed by atoms with van der Waals surface area (Å²) in [6.45, 7) is 3.63. The minimum Gasteiger partial charge on any atom is -0.469 e. The number of aryl methyl sites for hydroxylation is 1. The lowest BCUT2D eigenvalue weighted by atomic mass is 10.1. The molecule has 2 aromatic rings. The van der Waals surface area contributed by atoms with Crippen molar-refractivity contribution in [3.05, 3.63) is 42.1 Å². The molecule has 0 saturated heterocycles. The molecule has 5 heteroatoms. The van der Waals surface area contributed by atoms with Crippen molar-refractivity contribution < 1.29 is 9.52 Å². The molecule has 0 aliphatic rings. The Labute approximate surface area is 113 Å². The molecule has 5 nitrogen and oxygen atoms in total. The molecule has 0 spiro atoms. The van der Waals surface area contributed by atoms with Gasteiger partial charge < -0.3 is 14.8 Å². The van der Waals surface area contributed by atoms with Crippen molar-refractivity contribution >= 4 is 0 Å². The van der Waals surface area contributed by atoms with Crippen molar-refractivity contribution in [2.45, 2.75) is 38.9 Å². The summed E-state index contributed by atoms with van der Waals surface area (Å²) in [7, 11) is 0. The van der Waals surface area contributed by atoms with Crippen molar-refractivity contribution in [3.8, 4) is 0 Å². The van der Waals surface area contributed by atoms with Crippen molar-refractivity contribution in [2.75, 3.05) is 6.61 Å². The predicted molar refractivity (Wildman–Crippen MR) is 72.6 cm³/mol. The highest BCUT2D eigenvalue weighted by Gasteiger charge is 2.05. The van der Waals surface area contributed by atoms with Crippen LogP contribution >= 0.6 is 0 Å². The maximum Gasteiger partial charge on any atom is 0.103 e. The molecule has 0 amide bonds. The molecule has 0 aliphatic heterocycles. The van der Waals surface area contributed by atoms with Gasteiger partial charge >= 0.3 is 0 Å². The van der Waals surface area contributed by atoms with E-state index in [1.54, 1.807) is 10.9 Å². The van der Waals surface area contributed by atoms with Gasteiger partial charge in [0.1, 0.15) is 5.76 Å². The first-order valence-corrected chi connectivity index (χ1v) is 6.66. The van der Waals surface area contributed by atoms with E-state index in [1.807, 2.05) is 24.5 Å². The Kier molecular flexibility index (Phi) is 5.18. The van der Waals surface area contributed by atoms with Gasteiger partial charge in [0.15, 0.2) is 0 Å². The van der Waals surface area contributed by atoms with E-state index in [9.17, 15) is 0 Å². The number of aliphatic hydroxyl groups excluding tert-OH is 1. The van der Waals surface area contributed by atoms with E-state index in [0.717, 1.165) is 30.7 Å². The Bertz CT molecular complexity index is 465. The quantitative estimate of drug-likeness (QED) is 0.759. The van der Waals surface area contributed by atoms with E-state index < -0.39 is 0 Å². The van der Waals surface area contributed by atoms with Crippen LogP contribution in [-0.2, 0) is 19.5 Å². The normalized spacial score (nSPS) is 12.7. The van der Waals surface area contributed by atoms with Crippen molar-refractivity contribution in [2.24, 2.45) is 0 Å². The lowest BCUT2D eigenvalue weighted by Gasteiger charge is -2.11. The Morgan fingerprint density at radius 1 is 1.53 bits per heavy atom. The van der Waals surface area contributed by atoms with Crippen LogP contribution in [0.15, 0.2) is 35.2 Å². The highest BCUT2D eigenvalue weighted by atomic mass is 16.3. The molecule has 2 rings (SSSR count). The second kappa shape index (κ2) is 7.11. The molecule has 1 unspecified atom stereocenters. The fraction of sp³-hybridized carbons (Fsp3) is 0.500. The largest absolute Gasteiger partial charge is 0.469 e. The minimum atomic E-state index is 0.119. The second-order valence-corrected chi connectivity index (χ2v) is 4.74. The van der Waals surface area contributed by atoms with Crippen LogP contribution in [0.3, 0.4) is 0 Å². The molecule has 1 atom stereocenters. The van der Waals surface area contributed by atoms with Crippen LogP contribution in [-0.4, -0.2) is 27.5 Å². The molecule has 0 fully saturated rings. The summed E-state index contributed by atoms with van der Waals surface area (Å²) in [4.78, 5) is 0. The summed E-state index contributed by atoms with van der Waals surface area (Å²) in [6.07, 6.45) is 7.50. The van der Waals surface area contributed by atoms with E-state index in [-0.39, 0.29) is 6.61 Å². The summed E-state index contributed by atoms with van der Waals surface area (Å²) in [5.74, 6) is 1.03. The van der Waals surface area contributed by atoms with Gasteiger partial charge in [-0.3, -0.25) is 4.68 Å². The van der Waals surface area contributed by atoms with E-state index in [0.29, 0.717) is 12.6 Å². The lowest BCUT2D eigenvalue weighted by molar-refractivity contribution is 0.269. The van der Waals surface area contributed by atoms with Gasteiger partial charge in [0.05, 0.1) is 25.6 Å². The second-order valence-electron chi connectivity index (χ2n) is 4.74. The highest BCUT2D eigenvalue weighted by molar-refractivity contribution is 5.03. The summed E-state index contributed by atoms with van der Waals surface area (Å²) >= 11 is 0. The van der Waals surface area contributed by atoms with Gasteiger partial charge in [0.2, 0.25) is 0 Å². The maximum atomic E-state index is 8.82. The molecule has 104 valence electrons. The minimum absolute atomic E-state index is 0.119. The van der Waals surface area contributed by atoms with E-state index >= 15 is 0 Å². The lowest BCUT2D eigenvalue weighted by Crippen LogP contribution is -2.25. The molecule has 19 heavy (non-hydrogen) atoms. The van der Waals surface area contributed by atoms with Gasteiger partial charge in [0.25, 0.3) is 0 Å². The Morgan fingerprint density at radius 3 is 3.16 bits per heavy atom. The van der Waals surface area contributed by atoms with Crippen LogP contribution in [0.1, 0.15) is 24.7 Å². The standard InChI is InChI=1S/C14H21N3O2/c1-12(4-5-14-3-2-8-19-14)15-9-13-10-16-17(11-13)6-7-18/h2-3,8,10-12,15,18H,4-7,9H2,1H3. The van der Waals surface area contributed by atoms with Crippen LogP contribution < -0.4 is 5.32 Å². The van der Waals surface area contributed by atoms with Crippen molar-refractivity contribution in [1.29, 1.82) is 0 Å². The number of nitrogens with one attached hydrogen (secondary N) is 1. The summed E-state index contributed by atoms with van der Waals surface area (Å²) in [5, 5.41) is 16.5. The van der Waals surface area contributed by atoms with Crippen LogP contribution in [0.25, 0.3) is 0 Å². The maximum absolute atomic E-state index is 8.82. The SMILES string of the molecule is CC(CCc1ccco1)NCc1cnn(CCO)c1. The highest BCUT2D eigenvalue weighted by Crippen LogP contribution is 2.06. The molecular formula is C14H21N3O2. The summed E-state index contributed by atoms with van der Waals surface area (Å²) < 4.78 is 7.07. The van der Waals surface area contributed by atoms with Gasteiger partial charge in [-0.1, -0.05) is 0 Å². The van der Waals surface area contributed by atoms with Crippen molar-refractivity contribution in [1.82, 2.24) is 15.1 Å². The van der Waals surface area contributed by atoms with Gasteiger partial charge in [-0.05, 0) is 25.5 Å². The number of hydrogen-bond donors (Lipinski definition) is 2. The Morgan fingerprint density at radius 2 is 2.42 bits per heavy atom. The number of furan rings is 1. The molecular weight excluding hydrogens is 242 g/mol. The molecule has 0 aromatic carbocycles. The molecule has 0 bridgehead atoms. The zero-order valence-electron chi connectivity index (χ0n) is 11.2. The molecule has 0 saturated carbocycles. The number of aromatic nitrogens is 2. The first-order valence-electron chi connectivity index (χ1n) is 6.66. The summed E-state index contributed by atoms with van der Waals surface area (Å²) in [6, 6.07) is 4.35. The molecule has 0 radical (unpaired) electrons. The number of nitrogens with zero attached hydrogens (tertiary/aromatic N) is 2. The fourth-order valence-electron chi connectivity index (χ4n) is 1.93. The van der Waals surface area contributed by atoms with E-state index in [2.05, 4.69) is 17.3 Å². The topological polar surface area (TPSA) is 63.2 Å². The average molecular weight is 263 g/mol. The molecule has 2 aromatic heterocycles. The number of hydrogen-bond acceptors (Lipinski definition) is 4. The summed E-state index contributed by atoms with van der Waals surface area (Å²) in [5.41, 5.74) is 1.14. The Hall–Kier alpha value is -1.59. The first kappa shape index (κ1) is 13.8. The molecule has 0 aliphatic carbocycles. The number of aliphatic hydroxyl groups is 1. The van der Waals surface area contributed by atoms with E-state index in [4.69, 9.17) is 9.52 Å². The van der Waals surface area contributed by atoms with Gasteiger partial charge in [0, 0.05) is 30.8 Å². The zero-order valence-corrected chi connectivity index (χ0v) is 11.2. The molecule has 2 heterocycles. The third-order valence-corrected chi connectivity index (χ3v) is 3.07. The third kappa shape index (κ3) is 4.54. The Balaban J connectivity index is 1.68. The third-order valence-electron chi connectivity index (χ3n) is 3.07. The average Bonchev–Trinajstić information content (AvgIpc) is 3.05. The van der Waals surface area contributed by atoms with Crippen LogP contribution in [0.2, 0.25) is 0 Å². The van der Waals surface area contributed by atoms with Gasteiger partial charge in [-0.25, -0.2) is 0 Å². The number of rotatable bonds is 8. The van der Waals surface area contributed by atoms with Crippen LogP contribution in [0.4, 0.5) is 0 Å². The first-order chi connectivity index (χ1) is 9.28. The zero-order chi connectivity index (χ0) is 13.5.